The van der Waals surface area contributed by atoms with E-state index in [1.165, 1.54) is 6.08 Å². The van der Waals surface area contributed by atoms with E-state index in [0.717, 1.165) is 13.3 Å². The van der Waals surface area contributed by atoms with Gasteiger partial charge in [-0.2, -0.15) is 8.78 Å². The molecule has 0 heterocycles. The van der Waals surface area contributed by atoms with Crippen LogP contribution < -0.4 is 0 Å². The Labute approximate surface area is 75.6 Å². The lowest BCUT2D eigenvalue weighted by molar-refractivity contribution is -0.149. The summed E-state index contributed by atoms with van der Waals surface area (Å²) in [5.41, 5.74) is 0.105. The first kappa shape index (κ1) is 10.2. The van der Waals surface area contributed by atoms with Crippen molar-refractivity contribution in [2.75, 3.05) is 6.61 Å². The van der Waals surface area contributed by atoms with Crippen molar-refractivity contribution in [2.24, 2.45) is 0 Å². The van der Waals surface area contributed by atoms with E-state index in [1.807, 2.05) is 0 Å². The number of hydrogen-bond acceptors (Lipinski definition) is 2. The van der Waals surface area contributed by atoms with Crippen LogP contribution in [0.25, 0.3) is 0 Å². The number of esters is 1. The second-order valence-electron chi connectivity index (χ2n) is 3.11. The van der Waals surface area contributed by atoms with Crippen LogP contribution in [0, 0.1) is 0 Å². The molecule has 0 saturated heterocycles. The first-order valence-electron chi connectivity index (χ1n) is 4.23. The molecule has 0 aromatic rings. The maximum atomic E-state index is 13.1. The van der Waals surface area contributed by atoms with Crippen LogP contribution in [0.3, 0.4) is 0 Å². The topological polar surface area (TPSA) is 26.3 Å². The highest BCUT2D eigenvalue weighted by molar-refractivity contribution is 5.66. The van der Waals surface area contributed by atoms with E-state index in [4.69, 9.17) is 0 Å². The van der Waals surface area contributed by atoms with Gasteiger partial charge in [-0.3, -0.25) is 4.79 Å². The number of carbonyl (C=O) groups is 1. The molecule has 0 amide bonds. The molecule has 4 heteroatoms. The third-order valence-electron chi connectivity index (χ3n) is 1.97. The van der Waals surface area contributed by atoms with Crippen molar-refractivity contribution in [2.45, 2.75) is 32.1 Å². The summed E-state index contributed by atoms with van der Waals surface area (Å²) in [6.07, 6.45) is 3.41. The highest BCUT2D eigenvalue weighted by Gasteiger charge is 2.36. The molecule has 1 aliphatic rings. The van der Waals surface area contributed by atoms with Gasteiger partial charge >= 0.3 is 11.9 Å². The molecule has 0 atom stereocenters. The Morgan fingerprint density at radius 1 is 1.69 bits per heavy atom. The molecule has 0 bridgehead atoms. The Hall–Kier alpha value is -0.930. The van der Waals surface area contributed by atoms with Crippen LogP contribution in [0.15, 0.2) is 11.6 Å². The number of ether oxygens (including phenoxy) is 1. The normalized spacial score (nSPS) is 17.0. The van der Waals surface area contributed by atoms with Gasteiger partial charge in [0.2, 0.25) is 0 Å². The molecule has 0 aromatic heterocycles. The van der Waals surface area contributed by atoms with E-state index in [-0.39, 0.29) is 5.57 Å². The summed E-state index contributed by atoms with van der Waals surface area (Å²) in [6.45, 7) is 0.299. The van der Waals surface area contributed by atoms with Gasteiger partial charge in [0.15, 0.2) is 6.61 Å². The first-order chi connectivity index (χ1) is 6.02. The van der Waals surface area contributed by atoms with Crippen LogP contribution >= 0.6 is 0 Å². The van der Waals surface area contributed by atoms with Gasteiger partial charge in [0.05, 0.1) is 0 Å². The molecule has 13 heavy (non-hydrogen) atoms. The fourth-order valence-corrected chi connectivity index (χ4v) is 1.29. The molecule has 0 unspecified atom stereocenters. The van der Waals surface area contributed by atoms with Crippen molar-refractivity contribution in [1.82, 2.24) is 0 Å². The average Bonchev–Trinajstić information content (AvgIpc) is 2.53. The number of halogens is 2. The molecule has 0 aliphatic heterocycles. The number of hydrogen-bond donors (Lipinski definition) is 0. The zero-order valence-electron chi connectivity index (χ0n) is 7.48. The molecule has 0 radical (unpaired) electrons. The van der Waals surface area contributed by atoms with Crippen LogP contribution in [0.2, 0.25) is 0 Å². The number of rotatable bonds is 3. The van der Waals surface area contributed by atoms with Crippen LogP contribution in [0.1, 0.15) is 26.2 Å². The smallest absolute Gasteiger partial charge is 0.302 e. The summed E-state index contributed by atoms with van der Waals surface area (Å²) in [6, 6.07) is 0. The molecule has 0 fully saturated rings. The summed E-state index contributed by atoms with van der Waals surface area (Å²) in [4.78, 5) is 10.3. The lowest BCUT2D eigenvalue weighted by atomic mass is 10.1. The molecule has 0 N–H and O–H groups in total. The SMILES string of the molecule is CC(=O)OCC(F)(F)C1=CCCC1. The fourth-order valence-electron chi connectivity index (χ4n) is 1.29. The second kappa shape index (κ2) is 3.85. The zero-order chi connectivity index (χ0) is 9.90. The van der Waals surface area contributed by atoms with E-state index in [1.54, 1.807) is 0 Å². The molecular formula is C9H12F2O2. The maximum Gasteiger partial charge on any atom is 0.302 e. The molecule has 74 valence electrons. The van der Waals surface area contributed by atoms with Gasteiger partial charge in [-0.05, 0) is 24.8 Å². The monoisotopic (exact) mass is 190 g/mol. The lowest BCUT2D eigenvalue weighted by Crippen LogP contribution is -2.26. The molecule has 2 nitrogen and oxygen atoms in total. The van der Waals surface area contributed by atoms with Gasteiger partial charge in [-0.25, -0.2) is 0 Å². The number of alkyl halides is 2. The minimum atomic E-state index is -2.97. The summed E-state index contributed by atoms with van der Waals surface area (Å²) in [5.74, 6) is -3.64. The Bertz CT molecular complexity index is 234. The Morgan fingerprint density at radius 2 is 2.38 bits per heavy atom. The highest BCUT2D eigenvalue weighted by Crippen LogP contribution is 2.32. The third kappa shape index (κ3) is 2.79. The summed E-state index contributed by atoms with van der Waals surface area (Å²) >= 11 is 0. The van der Waals surface area contributed by atoms with Crippen LogP contribution in [-0.2, 0) is 9.53 Å². The Balaban J connectivity index is 2.49. The predicted molar refractivity (Wildman–Crippen MR) is 43.5 cm³/mol. The Morgan fingerprint density at radius 3 is 2.85 bits per heavy atom. The largest absolute Gasteiger partial charge is 0.459 e. The van der Waals surface area contributed by atoms with Crippen molar-refractivity contribution in [3.8, 4) is 0 Å². The molecule has 0 spiro atoms. The Kier molecular flexibility index (Phi) is 3.01. The van der Waals surface area contributed by atoms with Gasteiger partial charge in [0, 0.05) is 6.92 Å². The lowest BCUT2D eigenvalue weighted by Gasteiger charge is -2.16. The van der Waals surface area contributed by atoms with E-state index in [0.29, 0.717) is 12.8 Å². The zero-order valence-corrected chi connectivity index (χ0v) is 7.48. The van der Waals surface area contributed by atoms with E-state index >= 15 is 0 Å². The average molecular weight is 190 g/mol. The van der Waals surface area contributed by atoms with Crippen molar-refractivity contribution in [3.63, 3.8) is 0 Å². The summed E-state index contributed by atoms with van der Waals surface area (Å²) in [5, 5.41) is 0. The van der Waals surface area contributed by atoms with Crippen molar-refractivity contribution in [3.05, 3.63) is 11.6 Å². The van der Waals surface area contributed by atoms with Crippen molar-refractivity contribution in [1.29, 1.82) is 0 Å². The number of allylic oxidation sites excluding steroid dienone is 1. The quantitative estimate of drug-likeness (QED) is 0.504. The van der Waals surface area contributed by atoms with E-state index in [2.05, 4.69) is 4.74 Å². The van der Waals surface area contributed by atoms with Crippen LogP contribution in [0.4, 0.5) is 8.78 Å². The summed E-state index contributed by atoms with van der Waals surface area (Å²) in [7, 11) is 0. The summed E-state index contributed by atoms with van der Waals surface area (Å²) < 4.78 is 30.6. The van der Waals surface area contributed by atoms with Crippen molar-refractivity contribution < 1.29 is 18.3 Å². The number of carbonyl (C=O) groups excluding carboxylic acids is 1. The minimum Gasteiger partial charge on any atom is -0.459 e. The minimum absolute atomic E-state index is 0.105. The second-order valence-corrected chi connectivity index (χ2v) is 3.11. The molecule has 1 aliphatic carbocycles. The van der Waals surface area contributed by atoms with Crippen LogP contribution in [-0.4, -0.2) is 18.5 Å². The van der Waals surface area contributed by atoms with Gasteiger partial charge in [0.1, 0.15) is 0 Å². The fraction of sp³-hybridized carbons (Fsp3) is 0.667. The van der Waals surface area contributed by atoms with Gasteiger partial charge in [0.25, 0.3) is 0 Å². The molecule has 1 rings (SSSR count). The standard InChI is InChI=1S/C9H12F2O2/c1-7(12)13-6-9(10,11)8-4-2-3-5-8/h4H,2-3,5-6H2,1H3. The van der Waals surface area contributed by atoms with Crippen LogP contribution in [0.5, 0.6) is 0 Å². The van der Waals surface area contributed by atoms with Gasteiger partial charge < -0.3 is 4.74 Å². The van der Waals surface area contributed by atoms with Gasteiger partial charge in [-0.15, -0.1) is 0 Å². The van der Waals surface area contributed by atoms with E-state index < -0.39 is 18.5 Å². The van der Waals surface area contributed by atoms with Crippen molar-refractivity contribution >= 4 is 5.97 Å². The molecule has 0 aromatic carbocycles. The molecular weight excluding hydrogens is 178 g/mol. The maximum absolute atomic E-state index is 13.1. The molecule has 0 saturated carbocycles. The third-order valence-corrected chi connectivity index (χ3v) is 1.97. The first-order valence-corrected chi connectivity index (χ1v) is 4.23. The van der Waals surface area contributed by atoms with Gasteiger partial charge in [-0.1, -0.05) is 6.08 Å². The highest BCUT2D eigenvalue weighted by atomic mass is 19.3. The predicted octanol–water partition coefficient (Wildman–Crippen LogP) is 2.30. The van der Waals surface area contributed by atoms with E-state index in [9.17, 15) is 13.6 Å².